The van der Waals surface area contributed by atoms with E-state index in [0.717, 1.165) is 12.8 Å². The van der Waals surface area contributed by atoms with E-state index in [1.165, 1.54) is 12.8 Å². The molecule has 1 rings (SSSR count). The number of nitrogens with one attached hydrogen (secondary N) is 1. The zero-order chi connectivity index (χ0) is 12.9. The summed E-state index contributed by atoms with van der Waals surface area (Å²) in [5.74, 6) is -0.620. The van der Waals surface area contributed by atoms with Crippen molar-refractivity contribution in [2.75, 3.05) is 6.54 Å². The third-order valence-corrected chi connectivity index (χ3v) is 3.71. The van der Waals surface area contributed by atoms with Crippen LogP contribution in [0.5, 0.6) is 0 Å². The number of hydrogen-bond acceptors (Lipinski definition) is 3. The minimum Gasteiger partial charge on any atom is -0.409 e. The first-order valence-electron chi connectivity index (χ1n) is 6.33. The summed E-state index contributed by atoms with van der Waals surface area (Å²) in [5, 5.41) is 14.5. The number of amidine groups is 1. The van der Waals surface area contributed by atoms with Crippen LogP contribution in [0.1, 0.15) is 46.0 Å². The molecule has 1 aliphatic carbocycles. The predicted molar refractivity (Wildman–Crippen MR) is 66.8 cm³/mol. The molecule has 5 heteroatoms. The van der Waals surface area contributed by atoms with Gasteiger partial charge in [0.15, 0.2) is 5.84 Å². The average Bonchev–Trinajstić information content (AvgIpc) is 3.13. The van der Waals surface area contributed by atoms with Gasteiger partial charge in [0.25, 0.3) is 0 Å². The number of oxime groups is 1. The Hall–Kier alpha value is -1.26. The minimum absolute atomic E-state index is 0.00527. The third-order valence-electron chi connectivity index (χ3n) is 3.71. The van der Waals surface area contributed by atoms with Crippen molar-refractivity contribution in [3.63, 3.8) is 0 Å². The number of amides is 1. The molecule has 1 unspecified atom stereocenters. The van der Waals surface area contributed by atoms with Gasteiger partial charge in [-0.3, -0.25) is 4.79 Å². The van der Waals surface area contributed by atoms with Gasteiger partial charge in [0.05, 0.1) is 5.92 Å². The van der Waals surface area contributed by atoms with Crippen LogP contribution in [-0.2, 0) is 4.79 Å². The second-order valence-corrected chi connectivity index (χ2v) is 4.94. The fourth-order valence-electron chi connectivity index (χ4n) is 2.00. The number of nitrogens with two attached hydrogens (primary N) is 1. The van der Waals surface area contributed by atoms with Crippen LogP contribution in [0, 0.1) is 11.3 Å². The third kappa shape index (κ3) is 3.61. The Bertz CT molecular complexity index is 298. The fourth-order valence-corrected chi connectivity index (χ4v) is 2.00. The maximum absolute atomic E-state index is 11.9. The summed E-state index contributed by atoms with van der Waals surface area (Å²) < 4.78 is 0. The minimum atomic E-state index is -0.502. The van der Waals surface area contributed by atoms with Crippen LogP contribution in [0.25, 0.3) is 0 Å². The Labute approximate surface area is 102 Å². The lowest BCUT2D eigenvalue weighted by molar-refractivity contribution is -0.123. The first-order chi connectivity index (χ1) is 8.08. The van der Waals surface area contributed by atoms with Gasteiger partial charge in [-0.2, -0.15) is 0 Å². The Morgan fingerprint density at radius 1 is 1.53 bits per heavy atom. The zero-order valence-corrected chi connectivity index (χ0v) is 10.7. The predicted octanol–water partition coefficient (Wildman–Crippen LogP) is 1.46. The fraction of sp³-hybridized carbons (Fsp3) is 0.833. The highest BCUT2D eigenvalue weighted by atomic mass is 16.4. The molecule has 0 aromatic heterocycles. The van der Waals surface area contributed by atoms with Gasteiger partial charge in [-0.15, -0.1) is 0 Å². The molecule has 0 aliphatic heterocycles. The van der Waals surface area contributed by atoms with E-state index in [0.29, 0.717) is 18.4 Å². The van der Waals surface area contributed by atoms with Crippen molar-refractivity contribution < 1.29 is 10.0 Å². The smallest absolute Gasteiger partial charge is 0.230 e. The monoisotopic (exact) mass is 241 g/mol. The highest BCUT2D eigenvalue weighted by molar-refractivity contribution is 6.02. The van der Waals surface area contributed by atoms with Crippen molar-refractivity contribution in [2.45, 2.75) is 46.0 Å². The van der Waals surface area contributed by atoms with Crippen molar-refractivity contribution in [1.82, 2.24) is 5.32 Å². The van der Waals surface area contributed by atoms with Crippen LogP contribution in [0.3, 0.4) is 0 Å². The van der Waals surface area contributed by atoms with Crippen molar-refractivity contribution in [2.24, 2.45) is 22.2 Å². The highest BCUT2D eigenvalue weighted by Crippen LogP contribution is 2.47. The average molecular weight is 241 g/mol. The summed E-state index contributed by atoms with van der Waals surface area (Å²) in [6, 6.07) is 0. The first-order valence-corrected chi connectivity index (χ1v) is 6.33. The molecule has 0 spiro atoms. The number of hydrogen-bond donors (Lipinski definition) is 3. The summed E-state index contributed by atoms with van der Waals surface area (Å²) in [7, 11) is 0. The summed E-state index contributed by atoms with van der Waals surface area (Å²) in [4.78, 5) is 11.9. The molecule has 0 heterocycles. The van der Waals surface area contributed by atoms with E-state index in [2.05, 4.69) is 17.4 Å². The SMILES string of the molecule is CCCC(C(=O)NCC1(CC)CC1)C(N)=NO. The Morgan fingerprint density at radius 2 is 2.18 bits per heavy atom. The number of carbonyl (C=O) groups excluding carboxylic acids is 1. The van der Waals surface area contributed by atoms with Gasteiger partial charge in [0, 0.05) is 6.54 Å². The maximum atomic E-state index is 11.9. The molecule has 1 aliphatic rings. The lowest BCUT2D eigenvalue weighted by atomic mass is 10.00. The summed E-state index contributed by atoms with van der Waals surface area (Å²) in [6.45, 7) is 4.83. The van der Waals surface area contributed by atoms with Gasteiger partial charge in [0.1, 0.15) is 0 Å². The molecule has 0 aromatic carbocycles. The lowest BCUT2D eigenvalue weighted by Gasteiger charge is -2.18. The number of rotatable bonds is 7. The summed E-state index contributed by atoms with van der Waals surface area (Å²) >= 11 is 0. The number of carbonyl (C=O) groups is 1. The summed E-state index contributed by atoms with van der Waals surface area (Å²) in [5.41, 5.74) is 5.85. The Balaban J connectivity index is 2.48. The quantitative estimate of drug-likeness (QED) is 0.273. The standard InChI is InChI=1S/C12H23N3O2/c1-3-5-9(10(13)15-17)11(16)14-8-12(4-2)6-7-12/h9,17H,3-8H2,1-2H3,(H2,13,15)(H,14,16). The van der Waals surface area contributed by atoms with Crippen molar-refractivity contribution in [3.8, 4) is 0 Å². The number of nitrogens with zero attached hydrogens (tertiary/aromatic N) is 1. The Kier molecular flexibility index (Phi) is 4.78. The van der Waals surface area contributed by atoms with Gasteiger partial charge >= 0.3 is 0 Å². The first kappa shape index (κ1) is 13.8. The van der Waals surface area contributed by atoms with E-state index in [1.54, 1.807) is 0 Å². The largest absolute Gasteiger partial charge is 0.409 e. The second kappa shape index (κ2) is 5.89. The van der Waals surface area contributed by atoms with E-state index in [1.807, 2.05) is 6.92 Å². The normalized spacial score (nSPS) is 19.8. The second-order valence-electron chi connectivity index (χ2n) is 4.94. The molecule has 1 amide bonds. The van der Waals surface area contributed by atoms with E-state index < -0.39 is 5.92 Å². The van der Waals surface area contributed by atoms with Crippen LogP contribution in [-0.4, -0.2) is 23.5 Å². The van der Waals surface area contributed by atoms with Crippen LogP contribution < -0.4 is 11.1 Å². The molecule has 5 nitrogen and oxygen atoms in total. The van der Waals surface area contributed by atoms with Gasteiger partial charge in [-0.05, 0) is 31.1 Å². The molecule has 1 fully saturated rings. The van der Waals surface area contributed by atoms with E-state index in [9.17, 15) is 4.79 Å². The molecule has 98 valence electrons. The van der Waals surface area contributed by atoms with Crippen LogP contribution in [0.15, 0.2) is 5.16 Å². The molecule has 17 heavy (non-hydrogen) atoms. The van der Waals surface area contributed by atoms with Crippen molar-refractivity contribution in [1.29, 1.82) is 0 Å². The van der Waals surface area contributed by atoms with Gasteiger partial charge in [0.2, 0.25) is 5.91 Å². The molecule has 0 bridgehead atoms. The molecular formula is C12H23N3O2. The van der Waals surface area contributed by atoms with Crippen LogP contribution in [0.2, 0.25) is 0 Å². The molecule has 4 N–H and O–H groups in total. The molecule has 0 saturated heterocycles. The zero-order valence-electron chi connectivity index (χ0n) is 10.7. The van der Waals surface area contributed by atoms with Gasteiger partial charge < -0.3 is 16.3 Å². The molecule has 0 aromatic rings. The van der Waals surface area contributed by atoms with Crippen LogP contribution >= 0.6 is 0 Å². The highest BCUT2D eigenvalue weighted by Gasteiger charge is 2.41. The lowest BCUT2D eigenvalue weighted by Crippen LogP contribution is -2.41. The Morgan fingerprint density at radius 3 is 2.59 bits per heavy atom. The van der Waals surface area contributed by atoms with E-state index in [4.69, 9.17) is 10.9 Å². The van der Waals surface area contributed by atoms with E-state index in [-0.39, 0.29) is 11.7 Å². The van der Waals surface area contributed by atoms with Crippen molar-refractivity contribution in [3.05, 3.63) is 0 Å². The van der Waals surface area contributed by atoms with Crippen molar-refractivity contribution >= 4 is 11.7 Å². The molecule has 0 radical (unpaired) electrons. The maximum Gasteiger partial charge on any atom is 0.230 e. The van der Waals surface area contributed by atoms with Gasteiger partial charge in [-0.1, -0.05) is 25.4 Å². The van der Waals surface area contributed by atoms with Crippen LogP contribution in [0.4, 0.5) is 0 Å². The van der Waals surface area contributed by atoms with Gasteiger partial charge in [-0.25, -0.2) is 0 Å². The molecular weight excluding hydrogens is 218 g/mol. The molecule has 1 saturated carbocycles. The summed E-state index contributed by atoms with van der Waals surface area (Å²) in [6.07, 6.45) is 4.90. The molecule has 1 atom stereocenters. The topological polar surface area (TPSA) is 87.7 Å². The van der Waals surface area contributed by atoms with E-state index >= 15 is 0 Å².